The summed E-state index contributed by atoms with van der Waals surface area (Å²) >= 11 is 0. The van der Waals surface area contributed by atoms with Crippen molar-refractivity contribution in [3.63, 3.8) is 0 Å². The Balaban J connectivity index is 1.53. The van der Waals surface area contributed by atoms with Crippen LogP contribution < -0.4 is 0 Å². The number of rotatable bonds is 4. The van der Waals surface area contributed by atoms with Gasteiger partial charge in [0.05, 0.1) is 17.2 Å². The van der Waals surface area contributed by atoms with Crippen molar-refractivity contribution in [2.24, 2.45) is 0 Å². The van der Waals surface area contributed by atoms with Gasteiger partial charge in [0.25, 0.3) is 0 Å². The first-order chi connectivity index (χ1) is 12.1. The highest BCUT2D eigenvalue weighted by Crippen LogP contribution is 2.29. The lowest BCUT2D eigenvalue weighted by Gasteiger charge is -2.43. The van der Waals surface area contributed by atoms with Crippen LogP contribution in [0.5, 0.6) is 0 Å². The average molecular weight is 358 g/mol. The molecule has 25 heavy (non-hydrogen) atoms. The van der Waals surface area contributed by atoms with Crippen LogP contribution in [0.15, 0.2) is 48.9 Å². The topological polar surface area (TPSA) is 66.4 Å². The lowest BCUT2D eigenvalue weighted by atomic mass is 10.0. The first-order valence-electron chi connectivity index (χ1n) is 8.58. The van der Waals surface area contributed by atoms with Crippen molar-refractivity contribution < 1.29 is 8.42 Å². The molecule has 2 atom stereocenters. The second kappa shape index (κ2) is 6.82. The van der Waals surface area contributed by atoms with E-state index in [4.69, 9.17) is 0 Å². The minimum atomic E-state index is -3.00. The van der Waals surface area contributed by atoms with E-state index in [1.807, 2.05) is 30.3 Å². The molecule has 2 aliphatic heterocycles. The molecule has 0 N–H and O–H groups in total. The zero-order valence-corrected chi connectivity index (χ0v) is 14.8. The van der Waals surface area contributed by atoms with Crippen molar-refractivity contribution in [3.05, 3.63) is 60.2 Å². The molecular formula is C18H22N4O2S. The normalized spacial score (nSPS) is 26.4. The van der Waals surface area contributed by atoms with Crippen LogP contribution in [-0.2, 0) is 22.9 Å². The zero-order valence-electron chi connectivity index (χ0n) is 14.0. The fraction of sp³-hybridized carbons (Fsp3) is 0.444. The van der Waals surface area contributed by atoms with E-state index in [2.05, 4.69) is 19.8 Å². The van der Waals surface area contributed by atoms with E-state index in [0.717, 1.165) is 25.3 Å². The Morgan fingerprint density at radius 2 is 1.60 bits per heavy atom. The Kier molecular flexibility index (Phi) is 4.54. The van der Waals surface area contributed by atoms with E-state index in [-0.39, 0.29) is 23.6 Å². The number of sulfone groups is 1. The van der Waals surface area contributed by atoms with Gasteiger partial charge in [-0.3, -0.25) is 19.8 Å². The lowest BCUT2D eigenvalue weighted by Crippen LogP contribution is -2.58. The third kappa shape index (κ3) is 3.73. The van der Waals surface area contributed by atoms with Crippen molar-refractivity contribution in [1.29, 1.82) is 0 Å². The van der Waals surface area contributed by atoms with Crippen LogP contribution in [0.2, 0.25) is 0 Å². The predicted molar refractivity (Wildman–Crippen MR) is 95.5 cm³/mol. The molecule has 0 spiro atoms. The van der Waals surface area contributed by atoms with E-state index in [1.165, 1.54) is 5.56 Å². The highest BCUT2D eigenvalue weighted by Gasteiger charge is 2.46. The SMILES string of the molecule is O=S1(=O)C[C@@H]2[C@H](C1)N(Cc1ccccn1)CCN2Cc1ccncc1. The molecule has 0 bridgehead atoms. The number of pyridine rings is 2. The monoisotopic (exact) mass is 358 g/mol. The van der Waals surface area contributed by atoms with Crippen LogP contribution in [0.25, 0.3) is 0 Å². The van der Waals surface area contributed by atoms with Crippen molar-refractivity contribution in [2.75, 3.05) is 24.6 Å². The molecule has 0 amide bonds. The summed E-state index contributed by atoms with van der Waals surface area (Å²) < 4.78 is 24.6. The molecule has 0 aliphatic carbocycles. The van der Waals surface area contributed by atoms with E-state index in [0.29, 0.717) is 6.54 Å². The van der Waals surface area contributed by atoms with Gasteiger partial charge in [0.15, 0.2) is 9.84 Å². The van der Waals surface area contributed by atoms with Gasteiger partial charge in [-0.15, -0.1) is 0 Å². The first-order valence-corrected chi connectivity index (χ1v) is 10.4. The summed E-state index contributed by atoms with van der Waals surface area (Å²) in [6.45, 7) is 3.21. The van der Waals surface area contributed by atoms with Crippen LogP contribution in [0.4, 0.5) is 0 Å². The Bertz CT molecular complexity index is 750. The molecule has 0 unspecified atom stereocenters. The summed E-state index contributed by atoms with van der Waals surface area (Å²) in [6.07, 6.45) is 5.36. The fourth-order valence-electron chi connectivity index (χ4n) is 3.91. The first kappa shape index (κ1) is 16.6. The van der Waals surface area contributed by atoms with Crippen LogP contribution in [0, 0.1) is 0 Å². The van der Waals surface area contributed by atoms with Gasteiger partial charge in [-0.05, 0) is 29.8 Å². The molecule has 2 aromatic rings. The Labute approximate surface area is 148 Å². The largest absolute Gasteiger partial charge is 0.292 e. The quantitative estimate of drug-likeness (QED) is 0.811. The predicted octanol–water partition coefficient (Wildman–Crippen LogP) is 0.960. The maximum absolute atomic E-state index is 12.3. The van der Waals surface area contributed by atoms with Crippen molar-refractivity contribution in [2.45, 2.75) is 25.2 Å². The molecule has 132 valence electrons. The van der Waals surface area contributed by atoms with Crippen LogP contribution in [0.1, 0.15) is 11.3 Å². The highest BCUT2D eigenvalue weighted by atomic mass is 32.2. The maximum Gasteiger partial charge on any atom is 0.153 e. The van der Waals surface area contributed by atoms with Gasteiger partial charge < -0.3 is 0 Å². The third-order valence-corrected chi connectivity index (χ3v) is 6.83. The fourth-order valence-corrected chi connectivity index (χ4v) is 5.95. The summed E-state index contributed by atoms with van der Waals surface area (Å²) in [5.74, 6) is 0.499. The minimum absolute atomic E-state index is 0.0441. The van der Waals surface area contributed by atoms with E-state index < -0.39 is 9.84 Å². The summed E-state index contributed by atoms with van der Waals surface area (Å²) in [6, 6.07) is 9.97. The molecule has 0 aromatic carbocycles. The minimum Gasteiger partial charge on any atom is -0.292 e. The summed E-state index contributed by atoms with van der Waals surface area (Å²) in [5.41, 5.74) is 2.17. The number of hydrogen-bond donors (Lipinski definition) is 0. The molecule has 0 radical (unpaired) electrons. The smallest absolute Gasteiger partial charge is 0.153 e. The van der Waals surface area contributed by atoms with Gasteiger partial charge in [-0.25, -0.2) is 8.42 Å². The van der Waals surface area contributed by atoms with Crippen LogP contribution in [-0.4, -0.2) is 64.9 Å². The molecule has 0 saturated carbocycles. The van der Waals surface area contributed by atoms with Gasteiger partial charge >= 0.3 is 0 Å². The number of fused-ring (bicyclic) bond motifs is 1. The lowest BCUT2D eigenvalue weighted by molar-refractivity contribution is 0.0348. The molecule has 7 heteroatoms. The van der Waals surface area contributed by atoms with E-state index in [9.17, 15) is 8.42 Å². The second-order valence-electron chi connectivity index (χ2n) is 6.83. The number of nitrogens with zero attached hydrogens (tertiary/aromatic N) is 4. The number of aromatic nitrogens is 2. The zero-order chi connectivity index (χ0) is 17.3. The second-order valence-corrected chi connectivity index (χ2v) is 8.98. The van der Waals surface area contributed by atoms with E-state index >= 15 is 0 Å². The number of hydrogen-bond acceptors (Lipinski definition) is 6. The van der Waals surface area contributed by atoms with Crippen molar-refractivity contribution in [3.8, 4) is 0 Å². The molecule has 6 nitrogen and oxygen atoms in total. The van der Waals surface area contributed by atoms with Crippen molar-refractivity contribution >= 4 is 9.84 Å². The standard InChI is InChI=1S/C18H22N4O2S/c23-25(24)13-17-18(14-25)22(12-16-3-1-2-6-20-16)10-9-21(17)11-15-4-7-19-8-5-15/h1-8,17-18H,9-14H2/t17-,18+/m1/s1. The highest BCUT2D eigenvalue weighted by molar-refractivity contribution is 7.91. The molecule has 2 aliphatic rings. The van der Waals surface area contributed by atoms with Crippen molar-refractivity contribution in [1.82, 2.24) is 19.8 Å². The Morgan fingerprint density at radius 1 is 0.920 bits per heavy atom. The summed E-state index contributed by atoms with van der Waals surface area (Å²) in [5, 5.41) is 0. The Hall–Kier alpha value is -1.83. The Morgan fingerprint density at radius 3 is 2.24 bits per heavy atom. The van der Waals surface area contributed by atoms with Gasteiger partial charge in [-0.1, -0.05) is 6.07 Å². The molecular weight excluding hydrogens is 336 g/mol. The molecule has 4 rings (SSSR count). The van der Waals surface area contributed by atoms with Gasteiger partial charge in [0.2, 0.25) is 0 Å². The number of piperazine rings is 1. The third-order valence-electron chi connectivity index (χ3n) is 5.13. The van der Waals surface area contributed by atoms with Crippen LogP contribution in [0.3, 0.4) is 0 Å². The van der Waals surface area contributed by atoms with E-state index in [1.54, 1.807) is 18.6 Å². The molecule has 4 heterocycles. The van der Waals surface area contributed by atoms with Crippen LogP contribution >= 0.6 is 0 Å². The molecule has 2 fully saturated rings. The summed E-state index contributed by atoms with van der Waals surface area (Å²) in [4.78, 5) is 13.1. The molecule has 2 aromatic heterocycles. The molecule has 2 saturated heterocycles. The van der Waals surface area contributed by atoms with Gasteiger partial charge in [0, 0.05) is 56.9 Å². The average Bonchev–Trinajstić information content (AvgIpc) is 2.95. The maximum atomic E-state index is 12.3. The van der Waals surface area contributed by atoms with Gasteiger partial charge in [0.1, 0.15) is 0 Å². The summed E-state index contributed by atoms with van der Waals surface area (Å²) in [7, 11) is -3.00. The van der Waals surface area contributed by atoms with Gasteiger partial charge in [-0.2, -0.15) is 0 Å².